The van der Waals surface area contributed by atoms with Crippen LogP contribution in [-0.2, 0) is 6.54 Å². The minimum Gasteiger partial charge on any atom is -0.265 e. The first-order valence-corrected chi connectivity index (χ1v) is 6.39. The number of aromatic nitrogens is 2. The van der Waals surface area contributed by atoms with Crippen LogP contribution >= 0.6 is 47.0 Å². The van der Waals surface area contributed by atoms with E-state index in [2.05, 4.69) is 27.5 Å². The van der Waals surface area contributed by atoms with E-state index in [1.54, 1.807) is 23.0 Å². The molecule has 0 saturated carbocycles. The Morgan fingerprint density at radius 3 is 2.72 bits per heavy atom. The van der Waals surface area contributed by atoms with Crippen molar-refractivity contribution in [1.82, 2.24) is 9.78 Å². The van der Waals surface area contributed by atoms with Crippen LogP contribution in [0.1, 0.15) is 5.56 Å². The molecule has 3 nitrogen and oxygen atoms in total. The van der Waals surface area contributed by atoms with E-state index in [1.807, 2.05) is 6.07 Å². The van der Waals surface area contributed by atoms with Gasteiger partial charge in [-0.3, -0.25) is 4.68 Å². The van der Waals surface area contributed by atoms with Gasteiger partial charge in [0.2, 0.25) is 5.82 Å². The lowest BCUT2D eigenvalue weighted by molar-refractivity contribution is 0.688. The van der Waals surface area contributed by atoms with Gasteiger partial charge in [0, 0.05) is 16.2 Å². The Bertz CT molecular complexity index is 632. The van der Waals surface area contributed by atoms with Gasteiger partial charge in [0.1, 0.15) is 5.02 Å². The molecule has 0 radical (unpaired) electrons. The molecule has 7 heteroatoms. The van der Waals surface area contributed by atoms with Crippen LogP contribution in [0.2, 0.25) is 15.1 Å². The summed E-state index contributed by atoms with van der Waals surface area (Å²) in [6.07, 6.45) is 1.65. The second kappa shape index (κ2) is 5.83. The normalized spacial score (nSPS) is 10.2. The Morgan fingerprint density at radius 2 is 2.06 bits per heavy atom. The lowest BCUT2D eigenvalue weighted by Gasteiger charge is -2.04. The second-order valence-corrected chi connectivity index (χ2v) is 4.87. The van der Waals surface area contributed by atoms with Crippen molar-refractivity contribution < 1.29 is 0 Å². The molecule has 2 aromatic rings. The molecule has 1 aromatic carbocycles. The van der Waals surface area contributed by atoms with E-state index in [0.29, 0.717) is 27.4 Å². The van der Waals surface area contributed by atoms with Crippen LogP contribution in [0.25, 0.3) is 0 Å². The van der Waals surface area contributed by atoms with Crippen molar-refractivity contribution in [2.45, 2.75) is 6.54 Å². The van der Waals surface area contributed by atoms with E-state index < -0.39 is 0 Å². The standard InChI is InChI=1S/C11H6Cl3N3S/c12-8-2-1-7(9(13)3-8)4-17-5-10(14)11(16-17)15-6-18/h1-3,5H,4H2. The fourth-order valence-electron chi connectivity index (χ4n) is 1.41. The highest BCUT2D eigenvalue weighted by Gasteiger charge is 2.08. The van der Waals surface area contributed by atoms with Crippen LogP contribution in [0, 0.1) is 0 Å². The molecule has 2 rings (SSSR count). The molecule has 1 aromatic heterocycles. The number of rotatable bonds is 3. The third kappa shape index (κ3) is 3.10. The van der Waals surface area contributed by atoms with E-state index in [4.69, 9.17) is 34.8 Å². The number of isothiocyanates is 1. The van der Waals surface area contributed by atoms with Crippen molar-refractivity contribution in [3.8, 4) is 0 Å². The van der Waals surface area contributed by atoms with Gasteiger partial charge < -0.3 is 0 Å². The fourth-order valence-corrected chi connectivity index (χ4v) is 2.16. The molecule has 0 atom stereocenters. The molecule has 0 fully saturated rings. The number of benzene rings is 1. The molecule has 0 bridgehead atoms. The van der Waals surface area contributed by atoms with Gasteiger partial charge in [-0.05, 0) is 29.9 Å². The van der Waals surface area contributed by atoms with Crippen molar-refractivity contribution in [3.63, 3.8) is 0 Å². The maximum absolute atomic E-state index is 6.08. The summed E-state index contributed by atoms with van der Waals surface area (Å²) in [5.41, 5.74) is 0.887. The van der Waals surface area contributed by atoms with Crippen LogP contribution in [0.4, 0.5) is 5.82 Å². The van der Waals surface area contributed by atoms with Gasteiger partial charge in [-0.1, -0.05) is 40.9 Å². The third-order valence-electron chi connectivity index (χ3n) is 2.20. The highest BCUT2D eigenvalue weighted by Crippen LogP contribution is 2.25. The summed E-state index contributed by atoms with van der Waals surface area (Å²) in [5.74, 6) is 0.344. The molecule has 0 aliphatic heterocycles. The Hall–Kier alpha value is -0.900. The summed E-state index contributed by atoms with van der Waals surface area (Å²) >= 11 is 22.3. The molecule has 0 amide bonds. The number of nitrogens with zero attached hydrogens (tertiary/aromatic N) is 3. The first kappa shape index (κ1) is 13.5. The number of thiocarbonyl (C=S) groups is 1. The molecule has 0 aliphatic carbocycles. The molecule has 0 saturated heterocycles. The van der Waals surface area contributed by atoms with Crippen LogP contribution < -0.4 is 0 Å². The SMILES string of the molecule is S=C=Nc1nn(Cc2ccc(Cl)cc2Cl)cc1Cl. The van der Waals surface area contributed by atoms with Crippen molar-refractivity contribution in [2.75, 3.05) is 0 Å². The zero-order valence-electron chi connectivity index (χ0n) is 8.90. The van der Waals surface area contributed by atoms with Gasteiger partial charge in [0.25, 0.3) is 0 Å². The van der Waals surface area contributed by atoms with E-state index in [1.165, 1.54) is 0 Å². The monoisotopic (exact) mass is 317 g/mol. The predicted octanol–water partition coefficient (Wildman–Crippen LogP) is 4.63. The number of aliphatic imine (C=N–C) groups is 1. The topological polar surface area (TPSA) is 30.2 Å². The Balaban J connectivity index is 2.28. The molecule has 92 valence electrons. The summed E-state index contributed by atoms with van der Waals surface area (Å²) in [6.45, 7) is 0.475. The zero-order chi connectivity index (χ0) is 13.1. The minimum absolute atomic E-state index is 0.344. The summed E-state index contributed by atoms with van der Waals surface area (Å²) in [4.78, 5) is 3.75. The second-order valence-electron chi connectivity index (χ2n) is 3.44. The van der Waals surface area contributed by atoms with Crippen molar-refractivity contribution in [1.29, 1.82) is 0 Å². The average molecular weight is 319 g/mol. The van der Waals surface area contributed by atoms with Gasteiger partial charge in [0.05, 0.1) is 11.7 Å². The maximum atomic E-state index is 6.08. The quantitative estimate of drug-likeness (QED) is 0.610. The summed E-state index contributed by atoms with van der Waals surface area (Å²) in [7, 11) is 0. The lowest BCUT2D eigenvalue weighted by atomic mass is 10.2. The van der Waals surface area contributed by atoms with Crippen LogP contribution in [0.3, 0.4) is 0 Å². The van der Waals surface area contributed by atoms with Gasteiger partial charge in [0.15, 0.2) is 0 Å². The predicted molar refractivity (Wildman–Crippen MR) is 77.5 cm³/mol. The van der Waals surface area contributed by atoms with E-state index >= 15 is 0 Å². The zero-order valence-corrected chi connectivity index (χ0v) is 12.0. The first-order chi connectivity index (χ1) is 8.60. The number of hydrogen-bond donors (Lipinski definition) is 0. The van der Waals surface area contributed by atoms with Crippen LogP contribution in [0.5, 0.6) is 0 Å². The maximum Gasteiger partial charge on any atom is 0.202 e. The molecule has 1 heterocycles. The smallest absolute Gasteiger partial charge is 0.202 e. The van der Waals surface area contributed by atoms with Crippen LogP contribution in [-0.4, -0.2) is 14.9 Å². The Labute approximate surface area is 124 Å². The van der Waals surface area contributed by atoms with Gasteiger partial charge in [-0.25, -0.2) is 0 Å². The minimum atomic E-state index is 0.344. The first-order valence-electron chi connectivity index (χ1n) is 4.85. The lowest BCUT2D eigenvalue weighted by Crippen LogP contribution is -2.00. The van der Waals surface area contributed by atoms with E-state index in [-0.39, 0.29) is 0 Å². The van der Waals surface area contributed by atoms with Crippen molar-refractivity contribution in [2.24, 2.45) is 4.99 Å². The number of hydrogen-bond acceptors (Lipinski definition) is 3. The van der Waals surface area contributed by atoms with E-state index in [9.17, 15) is 0 Å². The molecular weight excluding hydrogens is 313 g/mol. The molecule has 0 aliphatic rings. The molecule has 18 heavy (non-hydrogen) atoms. The molecule has 0 N–H and O–H groups in total. The fraction of sp³-hybridized carbons (Fsp3) is 0.0909. The van der Waals surface area contributed by atoms with Gasteiger partial charge in [-0.2, -0.15) is 10.1 Å². The molecule has 0 spiro atoms. The molecular formula is C11H6Cl3N3S. The average Bonchev–Trinajstić information content (AvgIpc) is 2.64. The number of halogens is 3. The molecule has 0 unspecified atom stereocenters. The Kier molecular flexibility index (Phi) is 4.38. The van der Waals surface area contributed by atoms with Crippen molar-refractivity contribution >= 4 is 58.0 Å². The van der Waals surface area contributed by atoms with E-state index in [0.717, 1.165) is 5.56 Å². The third-order valence-corrected chi connectivity index (χ3v) is 3.14. The van der Waals surface area contributed by atoms with Gasteiger partial charge >= 0.3 is 0 Å². The summed E-state index contributed by atoms with van der Waals surface area (Å²) in [6, 6.07) is 5.28. The van der Waals surface area contributed by atoms with Gasteiger partial charge in [-0.15, -0.1) is 0 Å². The largest absolute Gasteiger partial charge is 0.265 e. The highest BCUT2D eigenvalue weighted by molar-refractivity contribution is 7.78. The van der Waals surface area contributed by atoms with Crippen molar-refractivity contribution in [3.05, 3.63) is 45.0 Å². The summed E-state index contributed by atoms with van der Waals surface area (Å²) < 4.78 is 1.63. The Morgan fingerprint density at radius 1 is 1.28 bits per heavy atom. The van der Waals surface area contributed by atoms with Crippen LogP contribution in [0.15, 0.2) is 29.4 Å². The summed E-state index contributed by atoms with van der Waals surface area (Å²) in [5, 5.41) is 7.96. The highest BCUT2D eigenvalue weighted by atomic mass is 35.5.